The summed E-state index contributed by atoms with van der Waals surface area (Å²) in [7, 11) is 0. The molecule has 1 aliphatic carbocycles. The lowest BCUT2D eigenvalue weighted by atomic mass is 9.98. The van der Waals surface area contributed by atoms with Crippen molar-refractivity contribution in [1.29, 1.82) is 0 Å². The average Bonchev–Trinajstić information content (AvgIpc) is 3.30. The SMILES string of the molecule is Oc1cc(-c2ncc3c(N4CC5CCC(C5)C4)nc(OCCc4ccccc4)nc3c2F)c2ccccc2c1. The van der Waals surface area contributed by atoms with E-state index in [-0.39, 0.29) is 23.0 Å². The summed E-state index contributed by atoms with van der Waals surface area (Å²) in [4.78, 5) is 16.2. The maximum Gasteiger partial charge on any atom is 0.319 e. The number of phenolic OH excluding ortho intramolecular Hbond substituents is 1. The Balaban J connectivity index is 1.33. The highest BCUT2D eigenvalue weighted by Gasteiger charge is 2.34. The van der Waals surface area contributed by atoms with Gasteiger partial charge in [-0.15, -0.1) is 0 Å². The van der Waals surface area contributed by atoms with E-state index in [1.54, 1.807) is 18.3 Å². The molecule has 39 heavy (non-hydrogen) atoms. The number of hydrogen-bond acceptors (Lipinski definition) is 6. The van der Waals surface area contributed by atoms with E-state index in [4.69, 9.17) is 9.72 Å². The summed E-state index contributed by atoms with van der Waals surface area (Å²) in [6.07, 6.45) is 6.08. The first-order valence-corrected chi connectivity index (χ1v) is 13.6. The van der Waals surface area contributed by atoms with E-state index < -0.39 is 5.82 Å². The molecule has 2 atom stereocenters. The number of pyridine rings is 1. The topological polar surface area (TPSA) is 71.4 Å². The fourth-order valence-electron chi connectivity index (χ4n) is 6.29. The van der Waals surface area contributed by atoms with Gasteiger partial charge >= 0.3 is 6.01 Å². The molecule has 7 heteroatoms. The minimum Gasteiger partial charge on any atom is -0.508 e. The number of phenols is 1. The molecule has 0 spiro atoms. The number of rotatable bonds is 6. The molecule has 0 amide bonds. The van der Waals surface area contributed by atoms with Crippen molar-refractivity contribution in [3.8, 4) is 23.0 Å². The predicted molar refractivity (Wildman–Crippen MR) is 151 cm³/mol. The highest BCUT2D eigenvalue weighted by atomic mass is 19.1. The number of hydrogen-bond donors (Lipinski definition) is 1. The first kappa shape index (κ1) is 23.8. The van der Waals surface area contributed by atoms with E-state index in [9.17, 15) is 5.11 Å². The van der Waals surface area contributed by atoms with Crippen molar-refractivity contribution in [2.24, 2.45) is 11.8 Å². The second kappa shape index (κ2) is 9.80. The molecule has 2 unspecified atom stereocenters. The molecule has 5 aromatic rings. The quantitative estimate of drug-likeness (QED) is 0.274. The Labute approximate surface area is 226 Å². The summed E-state index contributed by atoms with van der Waals surface area (Å²) < 4.78 is 22.4. The number of aromatic hydroxyl groups is 1. The van der Waals surface area contributed by atoms with Crippen LogP contribution in [0.3, 0.4) is 0 Å². The van der Waals surface area contributed by atoms with Crippen LogP contribution in [-0.2, 0) is 6.42 Å². The predicted octanol–water partition coefficient (Wildman–Crippen LogP) is 6.55. The molecule has 2 aliphatic rings. The maximum absolute atomic E-state index is 16.4. The third kappa shape index (κ3) is 4.52. The zero-order valence-corrected chi connectivity index (χ0v) is 21.6. The number of ether oxygens (including phenoxy) is 1. The van der Waals surface area contributed by atoms with Crippen molar-refractivity contribution in [2.45, 2.75) is 25.7 Å². The lowest BCUT2D eigenvalue weighted by Gasteiger charge is -2.33. The van der Waals surface area contributed by atoms with Crippen LogP contribution in [0.4, 0.5) is 10.2 Å². The Hall–Kier alpha value is -4.26. The van der Waals surface area contributed by atoms with Crippen LogP contribution in [0.5, 0.6) is 11.8 Å². The molecule has 196 valence electrons. The van der Waals surface area contributed by atoms with Crippen LogP contribution < -0.4 is 9.64 Å². The van der Waals surface area contributed by atoms with Gasteiger partial charge in [-0.1, -0.05) is 54.6 Å². The van der Waals surface area contributed by atoms with E-state index in [1.165, 1.54) is 19.3 Å². The van der Waals surface area contributed by atoms with Crippen molar-refractivity contribution >= 4 is 27.5 Å². The molecule has 3 aromatic carbocycles. The normalized spacial score (nSPS) is 18.6. The van der Waals surface area contributed by atoms with E-state index in [0.29, 0.717) is 41.6 Å². The van der Waals surface area contributed by atoms with Crippen LogP contribution in [0.25, 0.3) is 32.9 Å². The van der Waals surface area contributed by atoms with E-state index in [0.717, 1.165) is 29.4 Å². The summed E-state index contributed by atoms with van der Waals surface area (Å²) >= 11 is 0. The molecular weight excluding hydrogens is 491 g/mol. The molecule has 3 heterocycles. The second-order valence-corrected chi connectivity index (χ2v) is 10.8. The fraction of sp³-hybridized carbons (Fsp3) is 0.281. The Kier molecular flexibility index (Phi) is 5.99. The van der Waals surface area contributed by atoms with Crippen LogP contribution in [0, 0.1) is 17.7 Å². The van der Waals surface area contributed by atoms with E-state index >= 15 is 4.39 Å². The largest absolute Gasteiger partial charge is 0.508 e. The van der Waals surface area contributed by atoms with E-state index in [1.807, 2.05) is 42.5 Å². The zero-order chi connectivity index (χ0) is 26.3. The number of fused-ring (bicyclic) bond motifs is 4. The molecule has 1 saturated carbocycles. The van der Waals surface area contributed by atoms with Gasteiger partial charge in [0.15, 0.2) is 5.82 Å². The lowest BCUT2D eigenvalue weighted by molar-refractivity contribution is 0.297. The van der Waals surface area contributed by atoms with Gasteiger partial charge < -0.3 is 14.7 Å². The van der Waals surface area contributed by atoms with Crippen LogP contribution in [0.2, 0.25) is 0 Å². The third-order valence-corrected chi connectivity index (χ3v) is 8.12. The van der Waals surface area contributed by atoms with Gasteiger partial charge in [0.05, 0.1) is 12.0 Å². The molecule has 1 saturated heterocycles. The van der Waals surface area contributed by atoms with Gasteiger partial charge in [0.2, 0.25) is 0 Å². The molecule has 1 aliphatic heterocycles. The van der Waals surface area contributed by atoms with Gasteiger partial charge in [-0.05, 0) is 59.6 Å². The van der Waals surface area contributed by atoms with Crippen molar-refractivity contribution in [1.82, 2.24) is 15.0 Å². The summed E-state index contributed by atoms with van der Waals surface area (Å²) in [6.45, 7) is 2.18. The number of halogens is 1. The highest BCUT2D eigenvalue weighted by Crippen LogP contribution is 2.41. The second-order valence-electron chi connectivity index (χ2n) is 10.8. The molecule has 2 fully saturated rings. The number of benzene rings is 3. The Bertz CT molecular complexity index is 1660. The van der Waals surface area contributed by atoms with Gasteiger partial charge in [-0.2, -0.15) is 9.97 Å². The first-order valence-electron chi connectivity index (χ1n) is 13.6. The zero-order valence-electron chi connectivity index (χ0n) is 21.6. The maximum atomic E-state index is 16.4. The van der Waals surface area contributed by atoms with Gasteiger partial charge in [-0.3, -0.25) is 4.98 Å². The molecule has 2 bridgehead atoms. The van der Waals surface area contributed by atoms with Crippen LogP contribution in [0.15, 0.2) is 72.9 Å². The number of aromatic nitrogens is 3. The van der Waals surface area contributed by atoms with Crippen molar-refractivity contribution in [2.75, 3.05) is 24.6 Å². The number of piperidine rings is 1. The van der Waals surface area contributed by atoms with Crippen LogP contribution in [0.1, 0.15) is 24.8 Å². The highest BCUT2D eigenvalue weighted by molar-refractivity contribution is 5.99. The summed E-state index contributed by atoms with van der Waals surface area (Å²) in [5, 5.41) is 12.6. The summed E-state index contributed by atoms with van der Waals surface area (Å²) in [6, 6.07) is 21.1. The van der Waals surface area contributed by atoms with E-state index in [2.05, 4.69) is 27.0 Å². The molecule has 0 radical (unpaired) electrons. The minimum absolute atomic E-state index is 0.0575. The van der Waals surface area contributed by atoms with Gasteiger partial charge in [0.1, 0.15) is 22.8 Å². The Morgan fingerprint density at radius 2 is 1.69 bits per heavy atom. The lowest BCUT2D eigenvalue weighted by Crippen LogP contribution is -2.37. The average molecular weight is 521 g/mol. The standard InChI is InChI=1S/C32H29FN4O2/c33-28-29(26-16-24(38)15-23-8-4-5-9-25(23)26)34-17-27-30(28)35-32(39-13-12-20-6-2-1-3-7-20)36-31(27)37-18-21-10-11-22(14-21)19-37/h1-9,15-17,21-22,38H,10-14,18-19H2. The van der Waals surface area contributed by atoms with Gasteiger partial charge in [0.25, 0.3) is 0 Å². The molecule has 1 N–H and O–H groups in total. The van der Waals surface area contributed by atoms with Gasteiger partial charge in [-0.25, -0.2) is 4.39 Å². The summed E-state index contributed by atoms with van der Waals surface area (Å²) in [5.74, 6) is 1.46. The Morgan fingerprint density at radius 1 is 0.923 bits per heavy atom. The minimum atomic E-state index is -0.542. The monoisotopic (exact) mass is 520 g/mol. The molecule has 2 aromatic heterocycles. The molecule has 6 nitrogen and oxygen atoms in total. The fourth-order valence-corrected chi connectivity index (χ4v) is 6.29. The first-order chi connectivity index (χ1) is 19.1. The summed E-state index contributed by atoms with van der Waals surface area (Å²) in [5.41, 5.74) is 2.01. The molecule has 7 rings (SSSR count). The van der Waals surface area contributed by atoms with Crippen molar-refractivity contribution < 1.29 is 14.2 Å². The number of nitrogens with zero attached hydrogens (tertiary/aromatic N) is 4. The smallest absolute Gasteiger partial charge is 0.319 e. The van der Waals surface area contributed by atoms with Gasteiger partial charge in [0, 0.05) is 31.3 Å². The Morgan fingerprint density at radius 3 is 2.51 bits per heavy atom. The molecular formula is C32H29FN4O2. The van der Waals surface area contributed by atoms with Crippen molar-refractivity contribution in [3.05, 3.63) is 84.3 Å². The van der Waals surface area contributed by atoms with Crippen LogP contribution in [-0.4, -0.2) is 39.8 Å². The van der Waals surface area contributed by atoms with Crippen molar-refractivity contribution in [3.63, 3.8) is 0 Å². The van der Waals surface area contributed by atoms with Crippen LogP contribution >= 0.6 is 0 Å². The third-order valence-electron chi connectivity index (χ3n) is 8.12. The number of anilines is 1.